The van der Waals surface area contributed by atoms with Gasteiger partial charge >= 0.3 is 0 Å². The third-order valence-corrected chi connectivity index (χ3v) is 4.27. The van der Waals surface area contributed by atoms with Gasteiger partial charge in [0, 0.05) is 12.6 Å². The Morgan fingerprint density at radius 2 is 2.00 bits per heavy atom. The fraction of sp³-hybridized carbons (Fsp3) is 0.588. The van der Waals surface area contributed by atoms with Crippen molar-refractivity contribution >= 4 is 5.91 Å². The number of piperidine rings is 1. The molecular weight excluding hydrogens is 248 g/mol. The van der Waals surface area contributed by atoms with Gasteiger partial charge in [-0.25, -0.2) is 0 Å². The van der Waals surface area contributed by atoms with Crippen LogP contribution in [0.4, 0.5) is 0 Å². The number of nitrogens with zero attached hydrogens (tertiary/aromatic N) is 2. The van der Waals surface area contributed by atoms with Crippen molar-refractivity contribution in [3.63, 3.8) is 0 Å². The molecule has 0 N–H and O–H groups in total. The topological polar surface area (TPSA) is 23.6 Å². The van der Waals surface area contributed by atoms with Gasteiger partial charge in [0.2, 0.25) is 5.91 Å². The second kappa shape index (κ2) is 6.89. The van der Waals surface area contributed by atoms with Crippen LogP contribution in [0.2, 0.25) is 0 Å². The Hall–Kier alpha value is -1.35. The van der Waals surface area contributed by atoms with Crippen molar-refractivity contribution in [2.45, 2.75) is 44.7 Å². The first kappa shape index (κ1) is 15.0. The van der Waals surface area contributed by atoms with E-state index in [0.717, 1.165) is 25.8 Å². The Morgan fingerprint density at radius 3 is 2.60 bits per heavy atom. The highest BCUT2D eigenvalue weighted by molar-refractivity contribution is 5.82. The number of hydrogen-bond donors (Lipinski definition) is 0. The zero-order valence-electron chi connectivity index (χ0n) is 12.9. The first-order valence-corrected chi connectivity index (χ1v) is 7.60. The summed E-state index contributed by atoms with van der Waals surface area (Å²) in [4.78, 5) is 17.0. The molecule has 0 aromatic heterocycles. The molecule has 0 bridgehead atoms. The molecule has 20 heavy (non-hydrogen) atoms. The molecule has 0 aliphatic carbocycles. The third kappa shape index (κ3) is 3.60. The van der Waals surface area contributed by atoms with Gasteiger partial charge in [0.25, 0.3) is 0 Å². The summed E-state index contributed by atoms with van der Waals surface area (Å²) in [6.45, 7) is 3.09. The number of rotatable bonds is 4. The van der Waals surface area contributed by atoms with Gasteiger partial charge in [-0.15, -0.1) is 0 Å². The lowest BCUT2D eigenvalue weighted by Gasteiger charge is -2.37. The Balaban J connectivity index is 2.09. The predicted molar refractivity (Wildman–Crippen MR) is 82.6 cm³/mol. The van der Waals surface area contributed by atoms with Crippen LogP contribution in [-0.2, 0) is 11.2 Å². The summed E-state index contributed by atoms with van der Waals surface area (Å²) in [5, 5.41) is 0. The van der Waals surface area contributed by atoms with E-state index in [0.29, 0.717) is 6.04 Å². The van der Waals surface area contributed by atoms with Crippen LogP contribution in [0.5, 0.6) is 0 Å². The largest absolute Gasteiger partial charge is 0.339 e. The minimum absolute atomic E-state index is 0.0575. The highest BCUT2D eigenvalue weighted by Crippen LogP contribution is 2.19. The molecule has 3 heteroatoms. The molecular formula is C17H26N2O. The van der Waals surface area contributed by atoms with Gasteiger partial charge in [-0.3, -0.25) is 9.69 Å². The number of likely N-dealkylation sites (N-methyl/N-ethyl adjacent to an activating group) is 1. The summed E-state index contributed by atoms with van der Waals surface area (Å²) in [5.74, 6) is 0.283. The van der Waals surface area contributed by atoms with Gasteiger partial charge in [-0.05, 0) is 52.3 Å². The number of carbonyl (C=O) groups excluding carboxylic acids is 1. The lowest BCUT2D eigenvalue weighted by atomic mass is 9.99. The van der Waals surface area contributed by atoms with Crippen LogP contribution in [0.25, 0.3) is 0 Å². The average Bonchev–Trinajstić information content (AvgIpc) is 2.45. The zero-order chi connectivity index (χ0) is 14.5. The minimum atomic E-state index is -0.0575. The zero-order valence-corrected chi connectivity index (χ0v) is 12.9. The van der Waals surface area contributed by atoms with Gasteiger partial charge in [-0.1, -0.05) is 30.3 Å². The van der Waals surface area contributed by atoms with Crippen molar-refractivity contribution in [3.05, 3.63) is 35.9 Å². The lowest BCUT2D eigenvalue weighted by molar-refractivity contribution is -0.139. The highest BCUT2D eigenvalue weighted by atomic mass is 16.2. The molecule has 1 aliphatic heterocycles. The van der Waals surface area contributed by atoms with E-state index in [1.54, 1.807) is 0 Å². The van der Waals surface area contributed by atoms with Crippen molar-refractivity contribution in [3.8, 4) is 0 Å². The molecule has 3 nitrogen and oxygen atoms in total. The second-order valence-corrected chi connectivity index (χ2v) is 6.05. The Labute approximate surface area is 122 Å². The number of benzene rings is 1. The standard InChI is InChI=1S/C17H26N2O/c1-14-9-7-8-12-19(14)17(20)16(18(2)3)13-15-10-5-4-6-11-15/h4-6,10-11,14,16H,7-9,12-13H2,1-3H3/t14-,16+/m1/s1. The summed E-state index contributed by atoms with van der Waals surface area (Å²) in [6, 6.07) is 10.6. The van der Waals surface area contributed by atoms with E-state index in [9.17, 15) is 4.79 Å². The lowest BCUT2D eigenvalue weighted by Crippen LogP contribution is -2.51. The molecule has 110 valence electrons. The maximum absolute atomic E-state index is 12.8. The SMILES string of the molecule is C[C@@H]1CCCCN1C(=O)[C@H](Cc1ccccc1)N(C)C. The van der Waals surface area contributed by atoms with Gasteiger partial charge in [-0.2, -0.15) is 0 Å². The molecule has 1 saturated heterocycles. The molecule has 0 spiro atoms. The quantitative estimate of drug-likeness (QED) is 0.842. The minimum Gasteiger partial charge on any atom is -0.339 e. The van der Waals surface area contributed by atoms with E-state index in [2.05, 4.69) is 28.9 Å². The summed E-state index contributed by atoms with van der Waals surface area (Å²) in [6.07, 6.45) is 4.31. The van der Waals surface area contributed by atoms with Crippen molar-refractivity contribution in [2.75, 3.05) is 20.6 Å². The number of likely N-dealkylation sites (tertiary alicyclic amines) is 1. The second-order valence-electron chi connectivity index (χ2n) is 6.05. The third-order valence-electron chi connectivity index (χ3n) is 4.27. The van der Waals surface area contributed by atoms with E-state index in [1.165, 1.54) is 12.0 Å². The van der Waals surface area contributed by atoms with Crippen molar-refractivity contribution in [1.29, 1.82) is 0 Å². The normalized spacial score (nSPS) is 21.0. The monoisotopic (exact) mass is 274 g/mol. The summed E-state index contributed by atoms with van der Waals surface area (Å²) in [5.41, 5.74) is 1.23. The molecule has 0 saturated carbocycles. The van der Waals surface area contributed by atoms with E-state index in [4.69, 9.17) is 0 Å². The first-order chi connectivity index (χ1) is 9.59. The molecule has 0 unspecified atom stereocenters. The van der Waals surface area contributed by atoms with Crippen molar-refractivity contribution in [1.82, 2.24) is 9.80 Å². The van der Waals surface area contributed by atoms with Crippen LogP contribution in [0.15, 0.2) is 30.3 Å². The number of carbonyl (C=O) groups is 1. The highest BCUT2D eigenvalue weighted by Gasteiger charge is 2.30. The van der Waals surface area contributed by atoms with E-state index >= 15 is 0 Å². The molecule has 1 aromatic rings. The molecule has 1 heterocycles. The van der Waals surface area contributed by atoms with Gasteiger partial charge < -0.3 is 4.90 Å². The summed E-state index contributed by atoms with van der Waals surface area (Å²) in [7, 11) is 4.00. The Morgan fingerprint density at radius 1 is 1.30 bits per heavy atom. The van der Waals surface area contributed by atoms with E-state index in [1.807, 2.05) is 32.3 Å². The number of amides is 1. The first-order valence-electron chi connectivity index (χ1n) is 7.60. The van der Waals surface area contributed by atoms with Crippen molar-refractivity contribution in [2.24, 2.45) is 0 Å². The molecule has 2 atom stereocenters. The van der Waals surface area contributed by atoms with Crippen molar-refractivity contribution < 1.29 is 4.79 Å². The van der Waals surface area contributed by atoms with Crippen LogP contribution < -0.4 is 0 Å². The molecule has 2 rings (SSSR count). The summed E-state index contributed by atoms with van der Waals surface area (Å²) >= 11 is 0. The fourth-order valence-corrected chi connectivity index (χ4v) is 2.95. The van der Waals surface area contributed by atoms with Crippen LogP contribution in [-0.4, -0.2) is 48.4 Å². The van der Waals surface area contributed by atoms with Gasteiger partial charge in [0.1, 0.15) is 0 Å². The maximum Gasteiger partial charge on any atom is 0.240 e. The molecule has 1 fully saturated rings. The van der Waals surface area contributed by atoms with Crippen LogP contribution >= 0.6 is 0 Å². The molecule has 1 amide bonds. The van der Waals surface area contributed by atoms with Crippen LogP contribution in [0, 0.1) is 0 Å². The van der Waals surface area contributed by atoms with E-state index < -0.39 is 0 Å². The van der Waals surface area contributed by atoms with Crippen LogP contribution in [0.1, 0.15) is 31.7 Å². The molecule has 1 aliphatic rings. The Bertz CT molecular complexity index is 430. The van der Waals surface area contributed by atoms with Gasteiger partial charge in [0.15, 0.2) is 0 Å². The molecule has 1 aromatic carbocycles. The fourth-order valence-electron chi connectivity index (χ4n) is 2.95. The predicted octanol–water partition coefficient (Wildman–Crippen LogP) is 2.56. The molecule has 0 radical (unpaired) electrons. The van der Waals surface area contributed by atoms with Gasteiger partial charge in [0.05, 0.1) is 6.04 Å². The smallest absolute Gasteiger partial charge is 0.240 e. The summed E-state index contributed by atoms with van der Waals surface area (Å²) < 4.78 is 0. The Kier molecular flexibility index (Phi) is 5.18. The maximum atomic E-state index is 12.8. The van der Waals surface area contributed by atoms with Crippen LogP contribution in [0.3, 0.4) is 0 Å². The average molecular weight is 274 g/mol. The van der Waals surface area contributed by atoms with E-state index in [-0.39, 0.29) is 11.9 Å². The number of hydrogen-bond acceptors (Lipinski definition) is 2.